The van der Waals surface area contributed by atoms with Crippen LogP contribution in [0, 0.1) is 17.8 Å². The second-order valence-electron chi connectivity index (χ2n) is 12.1. The zero-order chi connectivity index (χ0) is 31.1. The van der Waals surface area contributed by atoms with Crippen LogP contribution in [0.4, 0.5) is 0 Å². The Labute approximate surface area is 259 Å². The highest BCUT2D eigenvalue weighted by Crippen LogP contribution is 2.47. The smallest absolute Gasteiger partial charge is 0.330 e. The van der Waals surface area contributed by atoms with E-state index in [0.717, 1.165) is 73.8 Å². The average Bonchev–Trinajstić information content (AvgIpc) is 3.33. The number of rotatable bonds is 12. The van der Waals surface area contributed by atoms with E-state index in [-0.39, 0.29) is 42.6 Å². The van der Waals surface area contributed by atoms with Crippen LogP contribution in [0.15, 0.2) is 61.7 Å². The van der Waals surface area contributed by atoms with Crippen molar-refractivity contribution in [3.05, 3.63) is 72.8 Å². The van der Waals surface area contributed by atoms with Crippen molar-refractivity contribution in [2.75, 3.05) is 20.0 Å². The van der Waals surface area contributed by atoms with E-state index in [1.54, 1.807) is 0 Å². The summed E-state index contributed by atoms with van der Waals surface area (Å²) >= 11 is 0. The summed E-state index contributed by atoms with van der Waals surface area (Å²) in [5.74, 6) is 0.957. The van der Waals surface area contributed by atoms with Gasteiger partial charge in [-0.3, -0.25) is 4.79 Å². The van der Waals surface area contributed by atoms with Gasteiger partial charge in [0.1, 0.15) is 11.5 Å². The Balaban J connectivity index is 1.08. The summed E-state index contributed by atoms with van der Waals surface area (Å²) in [6.45, 7) is 10.00. The molecule has 2 saturated carbocycles. The van der Waals surface area contributed by atoms with Crippen molar-refractivity contribution in [1.82, 2.24) is 0 Å². The second-order valence-corrected chi connectivity index (χ2v) is 12.1. The van der Waals surface area contributed by atoms with Gasteiger partial charge < -0.3 is 23.7 Å². The molecule has 0 aromatic heterocycles. The number of carbonyl (C=O) groups excluding carboxylic acids is 3. The zero-order valence-electron chi connectivity index (χ0n) is 25.5. The SMILES string of the molecule is C=CC(=O)OCC1CCC(OCOc2ccc3c(c2)C(C)c2cc(OC(=O)C4CCC(COC(=O)C=C)CC4)ccc2-3)CC1. The van der Waals surface area contributed by atoms with Crippen LogP contribution in [0.1, 0.15) is 75.3 Å². The van der Waals surface area contributed by atoms with E-state index in [1.807, 2.05) is 24.3 Å². The first-order valence-corrected chi connectivity index (χ1v) is 15.7. The largest absolute Gasteiger partial charge is 0.468 e. The summed E-state index contributed by atoms with van der Waals surface area (Å²) in [4.78, 5) is 35.6. The van der Waals surface area contributed by atoms with Gasteiger partial charge in [-0.25, -0.2) is 9.59 Å². The zero-order valence-corrected chi connectivity index (χ0v) is 25.5. The maximum atomic E-state index is 13.0. The third-order valence-electron chi connectivity index (χ3n) is 9.25. The number of ether oxygens (including phenoxy) is 5. The third-order valence-corrected chi connectivity index (χ3v) is 9.25. The van der Waals surface area contributed by atoms with E-state index < -0.39 is 5.97 Å². The van der Waals surface area contributed by atoms with E-state index in [4.69, 9.17) is 23.7 Å². The predicted octanol–water partition coefficient (Wildman–Crippen LogP) is 6.90. The van der Waals surface area contributed by atoms with E-state index in [1.165, 1.54) is 17.7 Å². The lowest BCUT2D eigenvalue weighted by Crippen LogP contribution is -2.27. The molecule has 1 atom stereocenters. The van der Waals surface area contributed by atoms with Crippen LogP contribution < -0.4 is 9.47 Å². The van der Waals surface area contributed by atoms with Crippen molar-refractivity contribution in [3.63, 3.8) is 0 Å². The molecule has 0 aliphatic heterocycles. The minimum atomic E-state index is -0.408. The van der Waals surface area contributed by atoms with Crippen LogP contribution in [0.2, 0.25) is 0 Å². The predicted molar refractivity (Wildman–Crippen MR) is 165 cm³/mol. The van der Waals surface area contributed by atoms with Crippen molar-refractivity contribution in [3.8, 4) is 22.6 Å². The number of hydrogen-bond acceptors (Lipinski definition) is 8. The number of carbonyl (C=O) groups is 3. The van der Waals surface area contributed by atoms with Gasteiger partial charge in [0.25, 0.3) is 0 Å². The van der Waals surface area contributed by atoms with Gasteiger partial charge in [-0.05, 0) is 110 Å². The quantitative estimate of drug-likeness (QED) is 0.112. The summed E-state index contributed by atoms with van der Waals surface area (Å²) in [5.41, 5.74) is 4.60. The molecule has 0 amide bonds. The Kier molecular flexibility index (Phi) is 10.5. The van der Waals surface area contributed by atoms with Crippen molar-refractivity contribution >= 4 is 17.9 Å². The molecule has 44 heavy (non-hydrogen) atoms. The Morgan fingerprint density at radius 1 is 0.750 bits per heavy atom. The maximum Gasteiger partial charge on any atom is 0.330 e. The Hall–Kier alpha value is -3.91. The molecule has 5 rings (SSSR count). The van der Waals surface area contributed by atoms with Gasteiger partial charge in [0.2, 0.25) is 0 Å². The normalized spacial score (nSPS) is 23.9. The molecule has 3 aliphatic carbocycles. The lowest BCUT2D eigenvalue weighted by atomic mass is 9.82. The third kappa shape index (κ3) is 7.78. The minimum absolute atomic E-state index is 0.127. The number of benzene rings is 2. The molecule has 0 saturated heterocycles. The molecular weight excluding hydrogens is 560 g/mol. The molecule has 1 unspecified atom stereocenters. The van der Waals surface area contributed by atoms with E-state index in [9.17, 15) is 14.4 Å². The molecule has 0 spiro atoms. The molecule has 2 aromatic carbocycles. The Morgan fingerprint density at radius 2 is 1.27 bits per heavy atom. The highest BCUT2D eigenvalue weighted by molar-refractivity contribution is 5.82. The molecule has 8 nitrogen and oxygen atoms in total. The van der Waals surface area contributed by atoms with Crippen LogP contribution in [0.25, 0.3) is 11.1 Å². The lowest BCUT2D eigenvalue weighted by molar-refractivity contribution is -0.143. The van der Waals surface area contributed by atoms with Gasteiger partial charge in [-0.2, -0.15) is 0 Å². The second kappa shape index (κ2) is 14.7. The van der Waals surface area contributed by atoms with E-state index in [0.29, 0.717) is 24.9 Å². The van der Waals surface area contributed by atoms with Crippen molar-refractivity contribution in [2.24, 2.45) is 17.8 Å². The van der Waals surface area contributed by atoms with Gasteiger partial charge in [-0.1, -0.05) is 32.2 Å². The topological polar surface area (TPSA) is 97.4 Å². The number of hydrogen-bond donors (Lipinski definition) is 0. The summed E-state index contributed by atoms with van der Waals surface area (Å²) in [5, 5.41) is 0. The number of fused-ring (bicyclic) bond motifs is 3. The van der Waals surface area contributed by atoms with E-state index in [2.05, 4.69) is 32.2 Å². The maximum absolute atomic E-state index is 13.0. The molecule has 2 aromatic rings. The highest BCUT2D eigenvalue weighted by Gasteiger charge is 2.30. The van der Waals surface area contributed by atoms with Crippen molar-refractivity contribution in [2.45, 2.75) is 70.3 Å². The first-order valence-electron chi connectivity index (χ1n) is 15.7. The van der Waals surface area contributed by atoms with Gasteiger partial charge in [0.15, 0.2) is 6.79 Å². The fourth-order valence-corrected chi connectivity index (χ4v) is 6.56. The average molecular weight is 603 g/mol. The summed E-state index contributed by atoms with van der Waals surface area (Å²) in [6, 6.07) is 12.0. The summed E-state index contributed by atoms with van der Waals surface area (Å²) in [7, 11) is 0. The lowest BCUT2D eigenvalue weighted by Gasteiger charge is -2.28. The number of esters is 3. The van der Waals surface area contributed by atoms with Gasteiger partial charge in [0, 0.05) is 18.1 Å². The summed E-state index contributed by atoms with van der Waals surface area (Å²) in [6.07, 6.45) is 9.35. The van der Waals surface area contributed by atoms with Crippen LogP contribution in [0.5, 0.6) is 11.5 Å². The van der Waals surface area contributed by atoms with Gasteiger partial charge >= 0.3 is 17.9 Å². The van der Waals surface area contributed by atoms with Crippen LogP contribution >= 0.6 is 0 Å². The molecule has 0 radical (unpaired) electrons. The van der Waals surface area contributed by atoms with Crippen LogP contribution in [-0.2, 0) is 28.6 Å². The fourth-order valence-electron chi connectivity index (χ4n) is 6.56. The van der Waals surface area contributed by atoms with Crippen LogP contribution in [0.3, 0.4) is 0 Å². The minimum Gasteiger partial charge on any atom is -0.468 e. The first-order chi connectivity index (χ1) is 21.3. The first kappa shape index (κ1) is 31.5. The molecule has 234 valence electrons. The molecular formula is C36H42O8. The molecule has 0 heterocycles. The Bertz CT molecular complexity index is 1360. The molecule has 0 N–H and O–H groups in total. The molecule has 0 bridgehead atoms. The van der Waals surface area contributed by atoms with Crippen molar-refractivity contribution in [1.29, 1.82) is 0 Å². The van der Waals surface area contributed by atoms with Gasteiger partial charge in [-0.15, -0.1) is 0 Å². The van der Waals surface area contributed by atoms with Gasteiger partial charge in [0.05, 0.1) is 25.2 Å². The monoisotopic (exact) mass is 602 g/mol. The molecule has 3 aliphatic rings. The standard InChI is InChI=1S/C36H42O8/c1-4-34(37)40-20-24-6-10-26(11-7-24)36(39)44-29-15-17-31-30-16-14-28(18-32(30)23(3)33(31)19-29)43-22-42-27-12-8-25(9-13-27)21-41-35(38)5-2/h4-5,14-19,23-27H,1-2,6-13,20-22H2,3H3. The molecule has 2 fully saturated rings. The Morgan fingerprint density at radius 3 is 1.84 bits per heavy atom. The fraction of sp³-hybridized carbons (Fsp3) is 0.472. The van der Waals surface area contributed by atoms with Crippen molar-refractivity contribution < 1.29 is 38.1 Å². The van der Waals surface area contributed by atoms with Crippen LogP contribution in [-0.4, -0.2) is 44.0 Å². The molecule has 8 heteroatoms. The summed E-state index contributed by atoms with van der Waals surface area (Å²) < 4.78 is 28.2. The highest BCUT2D eigenvalue weighted by atomic mass is 16.7. The van der Waals surface area contributed by atoms with E-state index >= 15 is 0 Å².